The van der Waals surface area contributed by atoms with Crippen LogP contribution in [-0.4, -0.2) is 12.6 Å². The molecule has 2 aromatic carbocycles. The maximum absolute atomic E-state index is 12.2. The largest absolute Gasteiger partial charge is 0.472 e. The van der Waals surface area contributed by atoms with Crippen LogP contribution in [0.15, 0.2) is 48.5 Å². The van der Waals surface area contributed by atoms with Crippen LogP contribution >= 0.6 is 23.2 Å². The number of hydrogen-bond donors (Lipinski definition) is 0. The first kappa shape index (κ1) is 16.2. The second kappa shape index (κ2) is 7.74. The summed E-state index contributed by atoms with van der Waals surface area (Å²) in [5.74, 6) is 1.94. The molecule has 0 aliphatic heterocycles. The molecular formula is C17H12Cl2O3. The first-order valence-corrected chi connectivity index (χ1v) is 7.14. The zero-order chi connectivity index (χ0) is 15.9. The Bertz CT molecular complexity index is 693. The van der Waals surface area contributed by atoms with Gasteiger partial charge < -0.3 is 9.47 Å². The Morgan fingerprint density at radius 2 is 1.86 bits per heavy atom. The summed E-state index contributed by atoms with van der Waals surface area (Å²) in [6.07, 6.45) is 4.12. The van der Waals surface area contributed by atoms with E-state index in [1.165, 1.54) is 0 Å². The predicted octanol–water partition coefficient (Wildman–Crippen LogP) is 4.29. The molecule has 2 rings (SSSR count). The van der Waals surface area contributed by atoms with Gasteiger partial charge >= 0.3 is 5.97 Å². The molecule has 112 valence electrons. The van der Waals surface area contributed by atoms with E-state index in [4.69, 9.17) is 39.1 Å². The fourth-order valence-corrected chi connectivity index (χ4v) is 2.11. The lowest BCUT2D eigenvalue weighted by Gasteiger charge is -2.18. The Labute approximate surface area is 138 Å². The minimum absolute atomic E-state index is 0.130. The Morgan fingerprint density at radius 1 is 1.14 bits per heavy atom. The molecule has 3 nitrogen and oxygen atoms in total. The predicted molar refractivity (Wildman–Crippen MR) is 86.1 cm³/mol. The Balaban J connectivity index is 2.31. The van der Waals surface area contributed by atoms with E-state index in [1.54, 1.807) is 42.5 Å². The molecule has 0 spiro atoms. The van der Waals surface area contributed by atoms with Crippen LogP contribution in [0.3, 0.4) is 0 Å². The molecule has 1 atom stereocenters. The quantitative estimate of drug-likeness (QED) is 0.604. The van der Waals surface area contributed by atoms with Crippen LogP contribution < -0.4 is 4.74 Å². The van der Waals surface area contributed by atoms with Gasteiger partial charge in [-0.2, -0.15) is 0 Å². The molecule has 0 radical (unpaired) electrons. The van der Waals surface area contributed by atoms with Crippen molar-refractivity contribution in [3.05, 3.63) is 64.1 Å². The Kier molecular flexibility index (Phi) is 5.71. The van der Waals surface area contributed by atoms with Crippen LogP contribution in [0.4, 0.5) is 0 Å². The minimum Gasteiger partial charge on any atom is -0.472 e. The van der Waals surface area contributed by atoms with E-state index < -0.39 is 12.1 Å². The first-order chi connectivity index (χ1) is 10.6. The SMILES string of the molecule is C#CCOC(=O)[C@@H](Oc1cccc(Cl)c1Cl)c1ccccc1. The molecule has 0 saturated heterocycles. The molecule has 0 N–H and O–H groups in total. The average molecular weight is 335 g/mol. The molecule has 5 heteroatoms. The highest BCUT2D eigenvalue weighted by Gasteiger charge is 2.25. The van der Waals surface area contributed by atoms with Crippen molar-refractivity contribution in [1.82, 2.24) is 0 Å². The summed E-state index contributed by atoms with van der Waals surface area (Å²) >= 11 is 12.0. The molecule has 0 fully saturated rings. The van der Waals surface area contributed by atoms with Gasteiger partial charge in [-0.1, -0.05) is 65.5 Å². The topological polar surface area (TPSA) is 35.5 Å². The van der Waals surface area contributed by atoms with Crippen molar-refractivity contribution in [1.29, 1.82) is 0 Å². The number of terminal acetylenes is 1. The Hall–Kier alpha value is -2.15. The van der Waals surface area contributed by atoms with E-state index in [0.29, 0.717) is 16.3 Å². The second-order valence-corrected chi connectivity index (χ2v) is 5.06. The number of rotatable bonds is 5. The minimum atomic E-state index is -0.981. The van der Waals surface area contributed by atoms with Crippen LogP contribution in [0.25, 0.3) is 0 Å². The highest BCUT2D eigenvalue weighted by molar-refractivity contribution is 6.42. The number of halogens is 2. The van der Waals surface area contributed by atoms with Crippen molar-refractivity contribution in [3.8, 4) is 18.1 Å². The van der Waals surface area contributed by atoms with E-state index in [-0.39, 0.29) is 11.6 Å². The zero-order valence-corrected chi connectivity index (χ0v) is 13.0. The molecule has 22 heavy (non-hydrogen) atoms. The lowest BCUT2D eigenvalue weighted by atomic mass is 10.1. The fraction of sp³-hybridized carbons (Fsp3) is 0.118. The monoisotopic (exact) mass is 334 g/mol. The van der Waals surface area contributed by atoms with Crippen LogP contribution in [0.1, 0.15) is 11.7 Å². The molecular weight excluding hydrogens is 323 g/mol. The van der Waals surface area contributed by atoms with Gasteiger partial charge in [-0.25, -0.2) is 4.79 Å². The zero-order valence-electron chi connectivity index (χ0n) is 11.5. The van der Waals surface area contributed by atoms with Crippen LogP contribution in [-0.2, 0) is 9.53 Å². The Morgan fingerprint density at radius 3 is 2.55 bits per heavy atom. The molecule has 0 heterocycles. The second-order valence-electron chi connectivity index (χ2n) is 4.27. The maximum atomic E-state index is 12.2. The first-order valence-electron chi connectivity index (χ1n) is 6.39. The summed E-state index contributed by atoms with van der Waals surface area (Å²) in [5.41, 5.74) is 0.626. The normalized spacial score (nSPS) is 11.3. The van der Waals surface area contributed by atoms with E-state index in [9.17, 15) is 4.79 Å². The lowest BCUT2D eigenvalue weighted by molar-refractivity contribution is -0.150. The lowest BCUT2D eigenvalue weighted by Crippen LogP contribution is -2.21. The fourth-order valence-electron chi connectivity index (χ4n) is 1.77. The van der Waals surface area contributed by atoms with E-state index in [2.05, 4.69) is 5.92 Å². The standard InChI is InChI=1S/C17H12Cl2O3/c1-2-11-21-17(20)16(12-7-4-3-5-8-12)22-14-10-6-9-13(18)15(14)19/h1,3-10,16H,11H2/t16-/m0/s1. The van der Waals surface area contributed by atoms with Crippen molar-refractivity contribution in [3.63, 3.8) is 0 Å². The van der Waals surface area contributed by atoms with Gasteiger partial charge in [-0.3, -0.25) is 0 Å². The van der Waals surface area contributed by atoms with Gasteiger partial charge in [0.1, 0.15) is 10.8 Å². The summed E-state index contributed by atoms with van der Waals surface area (Å²) in [6.45, 7) is -0.130. The number of carbonyl (C=O) groups is 1. The molecule has 0 unspecified atom stereocenters. The van der Waals surface area contributed by atoms with Crippen molar-refractivity contribution in [2.45, 2.75) is 6.10 Å². The maximum Gasteiger partial charge on any atom is 0.353 e. The summed E-state index contributed by atoms with van der Waals surface area (Å²) in [7, 11) is 0. The van der Waals surface area contributed by atoms with Crippen LogP contribution in [0.5, 0.6) is 5.75 Å². The smallest absolute Gasteiger partial charge is 0.353 e. The van der Waals surface area contributed by atoms with Gasteiger partial charge in [0.05, 0.1) is 5.02 Å². The van der Waals surface area contributed by atoms with Crippen LogP contribution in [0, 0.1) is 12.3 Å². The van der Waals surface area contributed by atoms with Gasteiger partial charge in [0.2, 0.25) is 6.10 Å². The van der Waals surface area contributed by atoms with Gasteiger partial charge in [-0.15, -0.1) is 6.42 Å². The summed E-state index contributed by atoms with van der Waals surface area (Å²) in [6, 6.07) is 13.8. The van der Waals surface area contributed by atoms with E-state index >= 15 is 0 Å². The number of ether oxygens (including phenoxy) is 2. The van der Waals surface area contributed by atoms with Crippen molar-refractivity contribution in [2.24, 2.45) is 0 Å². The number of benzene rings is 2. The molecule has 0 aliphatic carbocycles. The number of carbonyl (C=O) groups excluding carboxylic acids is 1. The molecule has 0 amide bonds. The molecule has 0 aromatic heterocycles. The third-order valence-corrected chi connectivity index (χ3v) is 3.58. The summed E-state index contributed by atoms with van der Waals surface area (Å²) < 4.78 is 10.7. The molecule has 0 saturated carbocycles. The van der Waals surface area contributed by atoms with E-state index in [1.807, 2.05) is 6.07 Å². The average Bonchev–Trinajstić information content (AvgIpc) is 2.55. The molecule has 0 aliphatic rings. The third-order valence-electron chi connectivity index (χ3n) is 2.78. The van der Waals surface area contributed by atoms with Gasteiger partial charge in [0, 0.05) is 5.56 Å². The molecule has 2 aromatic rings. The highest BCUT2D eigenvalue weighted by atomic mass is 35.5. The number of esters is 1. The van der Waals surface area contributed by atoms with E-state index in [0.717, 1.165) is 0 Å². The van der Waals surface area contributed by atoms with Crippen molar-refractivity contribution < 1.29 is 14.3 Å². The number of hydrogen-bond acceptors (Lipinski definition) is 3. The molecule has 0 bridgehead atoms. The van der Waals surface area contributed by atoms with Crippen molar-refractivity contribution in [2.75, 3.05) is 6.61 Å². The summed E-state index contributed by atoms with van der Waals surface area (Å²) in [5, 5.41) is 0.567. The highest BCUT2D eigenvalue weighted by Crippen LogP contribution is 2.34. The summed E-state index contributed by atoms with van der Waals surface area (Å²) in [4.78, 5) is 12.2. The van der Waals surface area contributed by atoms with Gasteiger partial charge in [0.15, 0.2) is 6.61 Å². The van der Waals surface area contributed by atoms with Crippen LogP contribution in [0.2, 0.25) is 10.0 Å². The van der Waals surface area contributed by atoms with Gasteiger partial charge in [-0.05, 0) is 12.1 Å². The van der Waals surface area contributed by atoms with Gasteiger partial charge in [0.25, 0.3) is 0 Å². The van der Waals surface area contributed by atoms with Crippen molar-refractivity contribution >= 4 is 29.2 Å². The third kappa shape index (κ3) is 3.94.